The third-order valence-electron chi connectivity index (χ3n) is 4.30. The van der Waals surface area contributed by atoms with Crippen LogP contribution in [0.15, 0.2) is 28.7 Å². The van der Waals surface area contributed by atoms with Crippen molar-refractivity contribution in [1.29, 1.82) is 0 Å². The highest BCUT2D eigenvalue weighted by Gasteiger charge is 2.36. The summed E-state index contributed by atoms with van der Waals surface area (Å²) < 4.78 is 40.6. The van der Waals surface area contributed by atoms with Crippen LogP contribution in [0.2, 0.25) is 0 Å². The standard InChI is InChI=1S/C19H18BrF3N2O4/c1-9-13(20)8-12(18(2,3)4)16(26)15(9)17(27)24-14-6-5-10(25(28)29)7-11(14)19(21,22)23/h5-8,26H,1-4H3,(H,24,27). The van der Waals surface area contributed by atoms with Crippen LogP contribution in [0.1, 0.15) is 47.8 Å². The zero-order chi connectivity index (χ0) is 22.3. The Morgan fingerprint density at radius 1 is 1.17 bits per heavy atom. The molecule has 6 nitrogen and oxygen atoms in total. The van der Waals surface area contributed by atoms with Gasteiger partial charge in [-0.3, -0.25) is 14.9 Å². The van der Waals surface area contributed by atoms with Crippen LogP contribution in [0.3, 0.4) is 0 Å². The van der Waals surface area contributed by atoms with Gasteiger partial charge in [-0.25, -0.2) is 0 Å². The number of nitrogens with one attached hydrogen (secondary N) is 1. The summed E-state index contributed by atoms with van der Waals surface area (Å²) in [6, 6.07) is 3.67. The van der Waals surface area contributed by atoms with Gasteiger partial charge in [-0.1, -0.05) is 36.7 Å². The van der Waals surface area contributed by atoms with Gasteiger partial charge < -0.3 is 10.4 Å². The Labute approximate surface area is 173 Å². The number of anilines is 1. The third kappa shape index (κ3) is 4.69. The largest absolute Gasteiger partial charge is 0.507 e. The lowest BCUT2D eigenvalue weighted by atomic mass is 9.84. The van der Waals surface area contributed by atoms with Gasteiger partial charge in [-0.05, 0) is 30.0 Å². The van der Waals surface area contributed by atoms with E-state index in [0.717, 1.165) is 12.1 Å². The quantitative estimate of drug-likeness (QED) is 0.425. The van der Waals surface area contributed by atoms with Crippen molar-refractivity contribution in [2.24, 2.45) is 0 Å². The fourth-order valence-electron chi connectivity index (χ4n) is 2.76. The van der Waals surface area contributed by atoms with E-state index in [4.69, 9.17) is 0 Å². The van der Waals surface area contributed by atoms with Crippen molar-refractivity contribution in [3.05, 3.63) is 61.1 Å². The molecule has 0 aliphatic rings. The molecule has 0 spiro atoms. The van der Waals surface area contributed by atoms with Gasteiger partial charge in [-0.2, -0.15) is 13.2 Å². The zero-order valence-electron chi connectivity index (χ0n) is 15.9. The molecule has 0 saturated carbocycles. The van der Waals surface area contributed by atoms with Gasteiger partial charge >= 0.3 is 6.18 Å². The molecule has 2 N–H and O–H groups in total. The van der Waals surface area contributed by atoms with Crippen molar-refractivity contribution in [2.75, 3.05) is 5.32 Å². The highest BCUT2D eigenvalue weighted by molar-refractivity contribution is 9.10. The number of halogens is 4. The second-order valence-electron chi connectivity index (χ2n) is 7.44. The Morgan fingerprint density at radius 3 is 2.24 bits per heavy atom. The number of aromatic hydroxyl groups is 1. The summed E-state index contributed by atoms with van der Waals surface area (Å²) in [5, 5.41) is 23.6. The van der Waals surface area contributed by atoms with Crippen LogP contribution >= 0.6 is 15.9 Å². The molecule has 2 aromatic carbocycles. The fraction of sp³-hybridized carbons (Fsp3) is 0.316. The number of carbonyl (C=O) groups is 1. The zero-order valence-corrected chi connectivity index (χ0v) is 17.5. The molecule has 0 bridgehead atoms. The van der Waals surface area contributed by atoms with Gasteiger partial charge in [-0.15, -0.1) is 0 Å². The fourth-order valence-corrected chi connectivity index (χ4v) is 3.19. The summed E-state index contributed by atoms with van der Waals surface area (Å²) in [6.45, 7) is 6.96. The van der Waals surface area contributed by atoms with Gasteiger partial charge in [0.2, 0.25) is 0 Å². The summed E-state index contributed by atoms with van der Waals surface area (Å²) >= 11 is 3.30. The van der Waals surface area contributed by atoms with Gasteiger partial charge in [0, 0.05) is 22.2 Å². The van der Waals surface area contributed by atoms with Gasteiger partial charge in [0.05, 0.1) is 21.7 Å². The molecule has 10 heteroatoms. The van der Waals surface area contributed by atoms with Crippen molar-refractivity contribution >= 4 is 33.2 Å². The molecule has 0 aliphatic heterocycles. The van der Waals surface area contributed by atoms with E-state index >= 15 is 0 Å². The number of nitro benzene ring substituents is 1. The monoisotopic (exact) mass is 474 g/mol. The molecule has 0 unspecified atom stereocenters. The van der Waals surface area contributed by atoms with Crippen LogP contribution in [-0.2, 0) is 11.6 Å². The normalized spacial score (nSPS) is 12.0. The summed E-state index contributed by atoms with van der Waals surface area (Å²) in [6.07, 6.45) is -4.93. The van der Waals surface area contributed by atoms with Gasteiger partial charge in [0.1, 0.15) is 5.75 Å². The second-order valence-corrected chi connectivity index (χ2v) is 8.30. The SMILES string of the molecule is Cc1c(Br)cc(C(C)(C)C)c(O)c1C(=O)Nc1ccc([N+](=O)[O-])cc1C(F)(F)F. The average Bonchev–Trinajstić information content (AvgIpc) is 2.56. The summed E-state index contributed by atoms with van der Waals surface area (Å²) in [5.41, 5.74) is -2.72. The molecule has 2 aromatic rings. The maximum atomic E-state index is 13.4. The summed E-state index contributed by atoms with van der Waals surface area (Å²) in [7, 11) is 0. The number of alkyl halides is 3. The van der Waals surface area contributed by atoms with E-state index in [0.29, 0.717) is 21.7 Å². The Morgan fingerprint density at radius 2 is 1.76 bits per heavy atom. The Kier molecular flexibility index (Phi) is 5.99. The molecule has 0 fully saturated rings. The lowest BCUT2D eigenvalue weighted by Crippen LogP contribution is -2.20. The van der Waals surface area contributed by atoms with Crippen LogP contribution in [0.25, 0.3) is 0 Å². The molecule has 0 aromatic heterocycles. The van der Waals surface area contributed by atoms with Crippen molar-refractivity contribution < 1.29 is 28.0 Å². The van der Waals surface area contributed by atoms with Crippen molar-refractivity contribution in [3.63, 3.8) is 0 Å². The van der Waals surface area contributed by atoms with Crippen LogP contribution in [0.5, 0.6) is 5.75 Å². The number of phenols is 1. The number of nitrogens with zero attached hydrogens (tertiary/aromatic N) is 1. The first-order valence-electron chi connectivity index (χ1n) is 8.34. The van der Waals surface area contributed by atoms with E-state index in [1.165, 1.54) is 6.92 Å². The molecule has 29 heavy (non-hydrogen) atoms. The Balaban J connectivity index is 2.59. The predicted octanol–water partition coefficient (Wildman–Crippen LogP) is 5.94. The molecule has 0 aliphatic carbocycles. The summed E-state index contributed by atoms with van der Waals surface area (Å²) in [4.78, 5) is 22.6. The average molecular weight is 475 g/mol. The molecular weight excluding hydrogens is 457 g/mol. The highest BCUT2D eigenvalue weighted by Crippen LogP contribution is 2.40. The minimum absolute atomic E-state index is 0.184. The van der Waals surface area contributed by atoms with Crippen molar-refractivity contribution in [3.8, 4) is 5.75 Å². The number of hydrogen-bond acceptors (Lipinski definition) is 4. The number of hydrogen-bond donors (Lipinski definition) is 2. The maximum absolute atomic E-state index is 13.4. The number of phenolic OH excluding ortho intramolecular Hbond substituents is 1. The number of nitro groups is 1. The van der Waals surface area contributed by atoms with Crippen LogP contribution in [0, 0.1) is 17.0 Å². The van der Waals surface area contributed by atoms with E-state index in [2.05, 4.69) is 21.2 Å². The smallest absolute Gasteiger partial charge is 0.418 e. The third-order valence-corrected chi connectivity index (χ3v) is 5.12. The van der Waals surface area contributed by atoms with Crippen LogP contribution in [-0.4, -0.2) is 15.9 Å². The molecule has 0 radical (unpaired) electrons. The van der Waals surface area contributed by atoms with Crippen molar-refractivity contribution in [1.82, 2.24) is 0 Å². The lowest BCUT2D eigenvalue weighted by Gasteiger charge is -2.24. The van der Waals surface area contributed by atoms with E-state index in [1.807, 2.05) is 20.8 Å². The van der Waals surface area contributed by atoms with E-state index in [-0.39, 0.29) is 11.3 Å². The van der Waals surface area contributed by atoms with Crippen LogP contribution in [0.4, 0.5) is 24.5 Å². The number of non-ortho nitro benzene ring substituents is 1. The molecule has 156 valence electrons. The van der Waals surface area contributed by atoms with E-state index in [1.54, 1.807) is 6.07 Å². The molecule has 1 amide bonds. The molecule has 0 heterocycles. The molecule has 0 atom stereocenters. The topological polar surface area (TPSA) is 92.5 Å². The minimum atomic E-state index is -4.93. The molecule has 0 saturated heterocycles. The number of rotatable bonds is 3. The van der Waals surface area contributed by atoms with E-state index in [9.17, 15) is 33.2 Å². The first-order chi connectivity index (χ1) is 13.1. The predicted molar refractivity (Wildman–Crippen MR) is 105 cm³/mol. The van der Waals surface area contributed by atoms with Crippen LogP contribution < -0.4 is 5.32 Å². The Bertz CT molecular complexity index is 998. The Hall–Kier alpha value is -2.62. The van der Waals surface area contributed by atoms with E-state index < -0.39 is 39.4 Å². The molecule has 2 rings (SSSR count). The van der Waals surface area contributed by atoms with Gasteiger partial charge in [0.25, 0.3) is 11.6 Å². The summed E-state index contributed by atoms with van der Waals surface area (Å²) in [5.74, 6) is -1.31. The first kappa shape index (κ1) is 22.7. The number of amides is 1. The highest BCUT2D eigenvalue weighted by atomic mass is 79.9. The lowest BCUT2D eigenvalue weighted by molar-refractivity contribution is -0.385. The van der Waals surface area contributed by atoms with Crippen molar-refractivity contribution in [2.45, 2.75) is 39.3 Å². The molecular formula is C19H18BrF3N2O4. The minimum Gasteiger partial charge on any atom is -0.507 e. The first-order valence-corrected chi connectivity index (χ1v) is 9.13. The number of benzene rings is 2. The second kappa shape index (κ2) is 7.66. The maximum Gasteiger partial charge on any atom is 0.418 e. The van der Waals surface area contributed by atoms with Gasteiger partial charge in [0.15, 0.2) is 0 Å². The number of carbonyl (C=O) groups excluding carboxylic acids is 1.